The summed E-state index contributed by atoms with van der Waals surface area (Å²) in [4.78, 5) is 51.3. The Balaban J connectivity index is 0.000000317. The Morgan fingerprint density at radius 3 is 2.15 bits per heavy atom. The number of aliphatic carboxylic acids is 2. The number of carbonyl (C=O) groups excluding carboxylic acids is 2. The van der Waals surface area contributed by atoms with Crippen LogP contribution in [-0.4, -0.2) is 86.4 Å². The van der Waals surface area contributed by atoms with Crippen LogP contribution < -0.4 is 11.1 Å². The van der Waals surface area contributed by atoms with E-state index < -0.39 is 24.3 Å². The lowest BCUT2D eigenvalue weighted by atomic mass is 10.0. The SMILES string of the molecule is NCC(=O)N[C@H]1C[C@@H]2C[C@@H]1CN2C(=O)CCc1c[nH]c2ncccc12.O=C(O)C(F)(F)F.O=C(O)C(F)(F)F. The maximum absolute atomic E-state index is 12.6. The first kappa shape index (κ1) is 31.3. The number of rotatable bonds is 5. The number of pyridine rings is 1. The number of halogens is 6. The van der Waals surface area contributed by atoms with Crippen molar-refractivity contribution in [1.82, 2.24) is 20.2 Å². The van der Waals surface area contributed by atoms with Crippen molar-refractivity contribution in [3.05, 3.63) is 30.1 Å². The van der Waals surface area contributed by atoms with E-state index in [2.05, 4.69) is 15.3 Å². The number of alkyl halides is 6. The van der Waals surface area contributed by atoms with E-state index in [1.807, 2.05) is 23.2 Å². The highest BCUT2D eigenvalue weighted by molar-refractivity contribution is 5.82. The van der Waals surface area contributed by atoms with Crippen LogP contribution in [0.15, 0.2) is 24.5 Å². The lowest BCUT2D eigenvalue weighted by Gasteiger charge is -2.32. The highest BCUT2D eigenvalue weighted by Crippen LogP contribution is 2.38. The number of hydrogen-bond donors (Lipinski definition) is 5. The fourth-order valence-electron chi connectivity index (χ4n) is 4.31. The molecule has 2 aromatic rings. The number of likely N-dealkylation sites (tertiary alicyclic amines) is 1. The fraction of sp³-hybridized carbons (Fsp3) is 0.500. The van der Waals surface area contributed by atoms with Crippen LogP contribution in [0, 0.1) is 5.92 Å². The monoisotopic (exact) mass is 569 g/mol. The summed E-state index contributed by atoms with van der Waals surface area (Å²) in [5, 5.41) is 18.3. The summed E-state index contributed by atoms with van der Waals surface area (Å²) in [5.74, 6) is -5.06. The summed E-state index contributed by atoms with van der Waals surface area (Å²) in [6.07, 6.45) is -3.41. The molecule has 0 unspecified atom stereocenters. The molecule has 2 aliphatic rings. The van der Waals surface area contributed by atoms with E-state index in [0.717, 1.165) is 36.0 Å². The van der Waals surface area contributed by atoms with Crippen LogP contribution in [0.4, 0.5) is 26.3 Å². The maximum Gasteiger partial charge on any atom is 0.490 e. The molecule has 6 N–H and O–H groups in total. The average Bonchev–Trinajstić information content (AvgIpc) is 3.56. The maximum atomic E-state index is 12.6. The van der Waals surface area contributed by atoms with Crippen molar-refractivity contribution in [2.45, 2.75) is 50.1 Å². The van der Waals surface area contributed by atoms with E-state index in [9.17, 15) is 35.9 Å². The number of nitrogens with two attached hydrogens (primary N) is 1. The first-order chi connectivity index (χ1) is 18.0. The highest BCUT2D eigenvalue weighted by atomic mass is 19.4. The average molecular weight is 569 g/mol. The lowest BCUT2D eigenvalue weighted by molar-refractivity contribution is -0.193. The Bertz CT molecular complexity index is 1160. The molecule has 3 atom stereocenters. The van der Waals surface area contributed by atoms with Gasteiger partial charge in [-0.1, -0.05) is 0 Å². The number of carboxylic acid groups (broad SMARTS) is 2. The molecule has 3 heterocycles. The van der Waals surface area contributed by atoms with Crippen LogP contribution in [0.1, 0.15) is 24.8 Å². The van der Waals surface area contributed by atoms with Crippen molar-refractivity contribution < 1.29 is 55.7 Å². The minimum Gasteiger partial charge on any atom is -0.475 e. The smallest absolute Gasteiger partial charge is 0.475 e. The van der Waals surface area contributed by atoms with Crippen molar-refractivity contribution in [3.63, 3.8) is 0 Å². The topological polar surface area (TPSA) is 179 Å². The largest absolute Gasteiger partial charge is 0.490 e. The number of H-pyrrole nitrogens is 1. The van der Waals surface area contributed by atoms with Gasteiger partial charge in [0.15, 0.2) is 0 Å². The second-order valence-electron chi connectivity index (χ2n) is 8.63. The summed E-state index contributed by atoms with van der Waals surface area (Å²) in [6.45, 7) is 0.768. The molecule has 11 nitrogen and oxygen atoms in total. The zero-order chi connectivity index (χ0) is 29.5. The standard InChI is InChI=1S/C18H23N5O2.2C2HF3O2/c19-8-16(24)22-15-7-13-6-12(15)10-23(13)17(25)4-3-11-9-21-18-14(11)2-1-5-20-18;2*3-2(4,5)1(6)7/h1-2,5,9,12-13,15H,3-4,6-8,10,19H2,(H,20,21)(H,22,24);2*(H,6,7)/t12-,13+,15+;;/m1../s1. The van der Waals surface area contributed by atoms with E-state index in [0.29, 0.717) is 18.8 Å². The van der Waals surface area contributed by atoms with Crippen molar-refractivity contribution >= 4 is 34.8 Å². The molecule has 1 saturated heterocycles. The molecule has 0 radical (unpaired) electrons. The van der Waals surface area contributed by atoms with Gasteiger partial charge in [0.2, 0.25) is 11.8 Å². The van der Waals surface area contributed by atoms with Crippen LogP contribution in [-0.2, 0) is 25.6 Å². The first-order valence-corrected chi connectivity index (χ1v) is 11.3. The number of nitrogens with one attached hydrogen (secondary N) is 2. The van der Waals surface area contributed by atoms with E-state index >= 15 is 0 Å². The van der Waals surface area contributed by atoms with Gasteiger partial charge in [0.05, 0.1) is 6.54 Å². The zero-order valence-electron chi connectivity index (χ0n) is 20.1. The first-order valence-electron chi connectivity index (χ1n) is 11.3. The van der Waals surface area contributed by atoms with Gasteiger partial charge in [-0.15, -0.1) is 0 Å². The second kappa shape index (κ2) is 12.8. The lowest BCUT2D eigenvalue weighted by Crippen LogP contribution is -2.48. The fourth-order valence-corrected chi connectivity index (χ4v) is 4.31. The number of fused-ring (bicyclic) bond motifs is 3. The summed E-state index contributed by atoms with van der Waals surface area (Å²) in [6, 6.07) is 4.37. The van der Waals surface area contributed by atoms with Crippen LogP contribution in [0.25, 0.3) is 11.0 Å². The second-order valence-corrected chi connectivity index (χ2v) is 8.63. The molecule has 1 saturated carbocycles. The summed E-state index contributed by atoms with van der Waals surface area (Å²) >= 11 is 0. The molecule has 2 amide bonds. The third-order valence-electron chi connectivity index (χ3n) is 6.02. The predicted octanol–water partition coefficient (Wildman–Crippen LogP) is 1.83. The van der Waals surface area contributed by atoms with Gasteiger partial charge in [-0.25, -0.2) is 14.6 Å². The Morgan fingerprint density at radius 2 is 1.67 bits per heavy atom. The summed E-state index contributed by atoms with van der Waals surface area (Å²) in [5.41, 5.74) is 7.36. The van der Waals surface area contributed by atoms with E-state index in [4.69, 9.17) is 25.5 Å². The number of aromatic nitrogens is 2. The molecular formula is C22H25F6N5O6. The quantitative estimate of drug-likeness (QED) is 0.339. The van der Waals surface area contributed by atoms with Gasteiger partial charge in [-0.05, 0) is 42.9 Å². The van der Waals surface area contributed by atoms with Gasteiger partial charge >= 0.3 is 24.3 Å². The molecule has 1 aliphatic heterocycles. The van der Waals surface area contributed by atoms with Gasteiger partial charge in [-0.2, -0.15) is 26.3 Å². The molecule has 216 valence electrons. The molecule has 2 aromatic heterocycles. The molecule has 0 spiro atoms. The van der Waals surface area contributed by atoms with Gasteiger partial charge in [0.1, 0.15) is 5.65 Å². The normalized spacial score (nSPS) is 20.0. The molecule has 17 heteroatoms. The van der Waals surface area contributed by atoms with Crippen LogP contribution >= 0.6 is 0 Å². The van der Waals surface area contributed by atoms with Crippen LogP contribution in [0.2, 0.25) is 0 Å². The van der Waals surface area contributed by atoms with Crippen molar-refractivity contribution in [1.29, 1.82) is 0 Å². The van der Waals surface area contributed by atoms with E-state index in [1.165, 1.54) is 0 Å². The summed E-state index contributed by atoms with van der Waals surface area (Å²) in [7, 11) is 0. The number of nitrogens with zero attached hydrogens (tertiary/aromatic N) is 2. The van der Waals surface area contributed by atoms with Gasteiger partial charge in [0, 0.05) is 42.8 Å². The number of carboxylic acids is 2. The molecule has 2 bridgehead atoms. The Kier molecular flexibility index (Phi) is 10.3. The van der Waals surface area contributed by atoms with Crippen LogP contribution in [0.3, 0.4) is 0 Å². The Labute approximate surface area is 216 Å². The van der Waals surface area contributed by atoms with E-state index in [1.54, 1.807) is 6.20 Å². The minimum atomic E-state index is -5.08. The number of carbonyl (C=O) groups is 4. The molecule has 4 rings (SSSR count). The number of hydrogen-bond acceptors (Lipinski definition) is 6. The minimum absolute atomic E-state index is 0.0238. The molecule has 1 aliphatic carbocycles. The number of amides is 2. The number of aryl methyl sites for hydroxylation is 1. The molecule has 0 aromatic carbocycles. The van der Waals surface area contributed by atoms with Crippen molar-refractivity contribution in [2.24, 2.45) is 11.7 Å². The molecule has 2 fully saturated rings. The van der Waals surface area contributed by atoms with Gasteiger partial charge in [0.25, 0.3) is 0 Å². The van der Waals surface area contributed by atoms with Crippen LogP contribution in [0.5, 0.6) is 0 Å². The van der Waals surface area contributed by atoms with Crippen molar-refractivity contribution in [3.8, 4) is 0 Å². The summed E-state index contributed by atoms with van der Waals surface area (Å²) < 4.78 is 63.5. The third-order valence-corrected chi connectivity index (χ3v) is 6.02. The predicted molar refractivity (Wildman–Crippen MR) is 121 cm³/mol. The van der Waals surface area contributed by atoms with Gasteiger partial charge < -0.3 is 31.1 Å². The number of aromatic amines is 1. The zero-order valence-corrected chi connectivity index (χ0v) is 20.1. The Hall–Kier alpha value is -3.89. The highest BCUT2D eigenvalue weighted by Gasteiger charge is 2.46. The third kappa shape index (κ3) is 8.83. The molecule has 39 heavy (non-hydrogen) atoms. The van der Waals surface area contributed by atoms with E-state index in [-0.39, 0.29) is 30.4 Å². The number of piperidine rings is 1. The molecular weight excluding hydrogens is 544 g/mol. The van der Waals surface area contributed by atoms with Crippen molar-refractivity contribution in [2.75, 3.05) is 13.1 Å². The van der Waals surface area contributed by atoms with Gasteiger partial charge in [-0.3, -0.25) is 9.59 Å². The Morgan fingerprint density at radius 1 is 1.08 bits per heavy atom.